The van der Waals surface area contributed by atoms with Gasteiger partial charge >= 0.3 is 0 Å². The van der Waals surface area contributed by atoms with Crippen LogP contribution in [0.25, 0.3) is 11.0 Å². The summed E-state index contributed by atoms with van der Waals surface area (Å²) in [7, 11) is 0. The second-order valence-electron chi connectivity index (χ2n) is 7.98. The molecule has 1 amide bonds. The Kier molecular flexibility index (Phi) is 6.55. The number of hydrogen-bond acceptors (Lipinski definition) is 5. The average Bonchev–Trinajstić information content (AvgIpc) is 3.22. The van der Waals surface area contributed by atoms with Crippen molar-refractivity contribution in [1.29, 1.82) is 0 Å². The van der Waals surface area contributed by atoms with E-state index in [1.807, 2.05) is 18.2 Å². The molecule has 3 aromatic rings. The Morgan fingerprint density at radius 1 is 1.30 bits per heavy atom. The van der Waals surface area contributed by atoms with Gasteiger partial charge in [-0.3, -0.25) is 4.79 Å². The van der Waals surface area contributed by atoms with Crippen LogP contribution in [0.3, 0.4) is 0 Å². The fourth-order valence-corrected chi connectivity index (χ4v) is 4.06. The van der Waals surface area contributed by atoms with Gasteiger partial charge in [-0.25, -0.2) is 4.98 Å². The first-order chi connectivity index (χ1) is 14.6. The van der Waals surface area contributed by atoms with E-state index in [4.69, 9.17) is 16.0 Å². The topological polar surface area (TPSA) is 70.4 Å². The van der Waals surface area contributed by atoms with Gasteiger partial charge in [-0.05, 0) is 68.6 Å². The number of nitrogens with zero attached hydrogens (tertiary/aromatic N) is 2. The first kappa shape index (κ1) is 20.7. The lowest BCUT2D eigenvalue weighted by Crippen LogP contribution is -2.36. The van der Waals surface area contributed by atoms with Gasteiger partial charge in [0.15, 0.2) is 0 Å². The number of nitrogens with one attached hydrogen (secondary N) is 2. The molecular formula is C23H27ClN4O2. The van der Waals surface area contributed by atoms with Crippen molar-refractivity contribution in [3.05, 3.63) is 53.4 Å². The lowest BCUT2D eigenvalue weighted by atomic mass is 10.0. The van der Waals surface area contributed by atoms with E-state index < -0.39 is 0 Å². The minimum absolute atomic E-state index is 0.195. The Hall–Kier alpha value is -2.57. The number of carbonyl (C=O) groups is 1. The van der Waals surface area contributed by atoms with Gasteiger partial charge in [-0.1, -0.05) is 18.5 Å². The second kappa shape index (κ2) is 9.49. The molecule has 0 saturated carbocycles. The molecule has 1 fully saturated rings. The predicted octanol–water partition coefficient (Wildman–Crippen LogP) is 5.08. The van der Waals surface area contributed by atoms with E-state index in [-0.39, 0.29) is 5.91 Å². The monoisotopic (exact) mass is 426 g/mol. The maximum Gasteiger partial charge on any atom is 0.270 e. The molecule has 0 aliphatic carbocycles. The van der Waals surface area contributed by atoms with Crippen molar-refractivity contribution in [2.24, 2.45) is 5.92 Å². The highest BCUT2D eigenvalue weighted by molar-refractivity contribution is 6.30. The Balaban J connectivity index is 1.39. The molecule has 2 aromatic heterocycles. The summed E-state index contributed by atoms with van der Waals surface area (Å²) in [4.78, 5) is 19.7. The minimum atomic E-state index is -0.195. The van der Waals surface area contributed by atoms with Crippen LogP contribution in [0.2, 0.25) is 5.02 Å². The zero-order valence-electron chi connectivity index (χ0n) is 17.2. The number of furan rings is 1. The zero-order valence-corrected chi connectivity index (χ0v) is 17.9. The molecule has 1 aromatic carbocycles. The first-order valence-corrected chi connectivity index (χ1v) is 10.9. The maximum absolute atomic E-state index is 12.7. The van der Waals surface area contributed by atoms with Crippen molar-refractivity contribution in [2.75, 3.05) is 31.5 Å². The summed E-state index contributed by atoms with van der Waals surface area (Å²) in [5, 5.41) is 7.72. The van der Waals surface area contributed by atoms with E-state index in [1.54, 1.807) is 24.5 Å². The van der Waals surface area contributed by atoms with E-state index in [1.165, 1.54) is 12.8 Å². The van der Waals surface area contributed by atoms with Crippen LogP contribution in [0.15, 0.2) is 47.1 Å². The van der Waals surface area contributed by atoms with E-state index in [0.29, 0.717) is 28.7 Å². The van der Waals surface area contributed by atoms with Gasteiger partial charge in [0.05, 0.1) is 11.6 Å². The van der Waals surface area contributed by atoms with Crippen LogP contribution in [0.5, 0.6) is 0 Å². The molecule has 2 N–H and O–H groups in total. The molecule has 0 spiro atoms. The van der Waals surface area contributed by atoms with Crippen LogP contribution in [0.4, 0.5) is 11.5 Å². The Morgan fingerprint density at radius 2 is 2.13 bits per heavy atom. The number of anilines is 2. The molecule has 3 heterocycles. The molecule has 1 aliphatic heterocycles. The maximum atomic E-state index is 12.7. The van der Waals surface area contributed by atoms with Crippen LogP contribution in [-0.4, -0.2) is 42.0 Å². The summed E-state index contributed by atoms with van der Waals surface area (Å²) in [6.07, 6.45) is 5.11. The van der Waals surface area contributed by atoms with Crippen molar-refractivity contribution >= 4 is 40.0 Å². The molecule has 0 radical (unpaired) electrons. The highest BCUT2D eigenvalue weighted by atomic mass is 35.5. The summed E-state index contributed by atoms with van der Waals surface area (Å²) in [5.41, 5.74) is 1.79. The third kappa shape index (κ3) is 5.12. The van der Waals surface area contributed by atoms with Gasteiger partial charge < -0.3 is 20.0 Å². The number of piperidine rings is 1. The predicted molar refractivity (Wildman–Crippen MR) is 121 cm³/mol. The summed E-state index contributed by atoms with van der Waals surface area (Å²) in [5.74, 6) is 1.15. The van der Waals surface area contributed by atoms with Crippen molar-refractivity contribution in [2.45, 2.75) is 26.2 Å². The largest absolute Gasteiger partial charge is 0.464 e. The van der Waals surface area contributed by atoms with Crippen LogP contribution in [0.1, 0.15) is 36.7 Å². The standard InChI is InChI=1S/C23H27ClN4O2/c1-16-4-2-11-28(15-16)12-3-10-25-23(29)20-14-21-19(9-13-30-21)22(27-20)26-18-7-5-17(24)6-8-18/h5-9,13-14,16H,2-4,10-12,15H2,1H3,(H,25,29)(H,26,27). The number of hydrogen-bond donors (Lipinski definition) is 2. The number of halogens is 1. The molecule has 1 saturated heterocycles. The van der Waals surface area contributed by atoms with E-state index in [2.05, 4.69) is 27.4 Å². The number of aromatic nitrogens is 1. The Labute approximate surface area is 181 Å². The zero-order chi connectivity index (χ0) is 20.9. The summed E-state index contributed by atoms with van der Waals surface area (Å²) in [6.45, 7) is 6.26. The van der Waals surface area contributed by atoms with Gasteiger partial charge in [0, 0.05) is 29.9 Å². The van der Waals surface area contributed by atoms with Crippen LogP contribution in [-0.2, 0) is 0 Å². The first-order valence-electron chi connectivity index (χ1n) is 10.5. The number of likely N-dealkylation sites (tertiary alicyclic amines) is 1. The Bertz CT molecular complexity index is 1000. The van der Waals surface area contributed by atoms with Gasteiger partial charge in [0.25, 0.3) is 5.91 Å². The van der Waals surface area contributed by atoms with E-state index in [9.17, 15) is 4.79 Å². The lowest BCUT2D eigenvalue weighted by Gasteiger charge is -2.30. The van der Waals surface area contributed by atoms with Crippen molar-refractivity contribution in [3.8, 4) is 0 Å². The third-order valence-corrected chi connectivity index (χ3v) is 5.72. The second-order valence-corrected chi connectivity index (χ2v) is 8.41. The van der Waals surface area contributed by atoms with E-state index >= 15 is 0 Å². The van der Waals surface area contributed by atoms with Crippen LogP contribution in [0, 0.1) is 5.92 Å². The smallest absolute Gasteiger partial charge is 0.270 e. The molecule has 0 bridgehead atoms. The molecule has 1 atom stereocenters. The summed E-state index contributed by atoms with van der Waals surface area (Å²) >= 11 is 5.96. The molecule has 6 nitrogen and oxygen atoms in total. The molecule has 1 unspecified atom stereocenters. The minimum Gasteiger partial charge on any atom is -0.464 e. The number of amides is 1. The molecule has 1 aliphatic rings. The van der Waals surface area contributed by atoms with Crippen molar-refractivity contribution in [3.63, 3.8) is 0 Å². The van der Waals surface area contributed by atoms with Crippen molar-refractivity contribution < 1.29 is 9.21 Å². The Morgan fingerprint density at radius 3 is 2.93 bits per heavy atom. The number of pyridine rings is 1. The van der Waals surface area contributed by atoms with Crippen LogP contribution < -0.4 is 10.6 Å². The summed E-state index contributed by atoms with van der Waals surface area (Å²) < 4.78 is 5.53. The fraction of sp³-hybridized carbons (Fsp3) is 0.391. The quantitative estimate of drug-likeness (QED) is 0.516. The van der Waals surface area contributed by atoms with Crippen molar-refractivity contribution in [1.82, 2.24) is 15.2 Å². The number of rotatable bonds is 7. The summed E-state index contributed by atoms with van der Waals surface area (Å²) in [6, 6.07) is 10.9. The van der Waals surface area contributed by atoms with Crippen LogP contribution >= 0.6 is 11.6 Å². The fourth-order valence-electron chi connectivity index (χ4n) is 3.93. The van der Waals surface area contributed by atoms with Gasteiger partial charge in [-0.15, -0.1) is 0 Å². The molecule has 4 rings (SSSR count). The average molecular weight is 427 g/mol. The number of fused-ring (bicyclic) bond motifs is 1. The SMILES string of the molecule is CC1CCCN(CCCNC(=O)c2cc3occc3c(Nc3ccc(Cl)cc3)n2)C1. The third-order valence-electron chi connectivity index (χ3n) is 5.47. The van der Waals surface area contributed by atoms with Gasteiger partial charge in [-0.2, -0.15) is 0 Å². The number of carbonyl (C=O) groups excluding carboxylic acids is 1. The van der Waals surface area contributed by atoms with E-state index in [0.717, 1.165) is 43.0 Å². The van der Waals surface area contributed by atoms with Gasteiger partial charge in [0.1, 0.15) is 17.1 Å². The highest BCUT2D eigenvalue weighted by Gasteiger charge is 2.17. The lowest BCUT2D eigenvalue weighted by molar-refractivity contribution is 0.0945. The molecule has 7 heteroatoms. The highest BCUT2D eigenvalue weighted by Crippen LogP contribution is 2.27. The molecular weight excluding hydrogens is 400 g/mol. The molecule has 158 valence electrons. The number of benzene rings is 1. The normalized spacial score (nSPS) is 17.2. The molecule has 30 heavy (non-hydrogen) atoms. The van der Waals surface area contributed by atoms with Gasteiger partial charge in [0.2, 0.25) is 0 Å².